The molecule has 148 valence electrons. The van der Waals surface area contributed by atoms with Crippen LogP contribution < -0.4 is 0 Å². The predicted molar refractivity (Wildman–Crippen MR) is 122 cm³/mol. The minimum absolute atomic E-state index is 0.124. The Kier molecular flexibility index (Phi) is 6.17. The molecule has 1 aliphatic rings. The Morgan fingerprint density at radius 3 is 2.82 bits per heavy atom. The first-order valence-corrected chi connectivity index (χ1v) is 12.8. The van der Waals surface area contributed by atoms with Gasteiger partial charge < -0.3 is 4.74 Å². The van der Waals surface area contributed by atoms with Crippen LogP contribution in [0.5, 0.6) is 0 Å². The zero-order valence-corrected chi connectivity index (χ0v) is 19.8. The van der Waals surface area contributed by atoms with E-state index in [-0.39, 0.29) is 5.60 Å². The van der Waals surface area contributed by atoms with E-state index in [4.69, 9.17) is 37.9 Å². The van der Waals surface area contributed by atoms with Gasteiger partial charge in [0, 0.05) is 32.5 Å². The molecule has 3 heterocycles. The van der Waals surface area contributed by atoms with Gasteiger partial charge >= 0.3 is 0 Å². The Balaban J connectivity index is 1.75. The first kappa shape index (κ1) is 20.8. The van der Waals surface area contributed by atoms with E-state index in [2.05, 4.69) is 13.8 Å². The smallest absolute Gasteiger partial charge is 0.189 e. The Hall–Kier alpha value is -0.500. The summed E-state index contributed by atoms with van der Waals surface area (Å²) >= 11 is 17.4. The SMILES string of the molecule is CC[C@]1(C)Cc2c(sc3nc(SC)nc(SCc4ccc(Cl)cc4Cl)c23)CO1. The van der Waals surface area contributed by atoms with Crippen LogP contribution in [0.1, 0.15) is 36.3 Å². The molecule has 0 radical (unpaired) electrons. The number of ether oxygens (including phenoxy) is 1. The van der Waals surface area contributed by atoms with E-state index in [1.807, 2.05) is 18.4 Å². The van der Waals surface area contributed by atoms with Crippen LogP contribution in [0.15, 0.2) is 28.4 Å². The van der Waals surface area contributed by atoms with Crippen LogP contribution in [0.2, 0.25) is 10.0 Å². The van der Waals surface area contributed by atoms with E-state index in [0.29, 0.717) is 16.7 Å². The predicted octanol–water partition coefficient (Wildman–Crippen LogP) is 7.25. The quantitative estimate of drug-likeness (QED) is 0.222. The second-order valence-electron chi connectivity index (χ2n) is 6.99. The maximum Gasteiger partial charge on any atom is 0.189 e. The third kappa shape index (κ3) is 4.05. The normalized spacial score (nSPS) is 19.2. The first-order chi connectivity index (χ1) is 13.4. The molecule has 0 unspecified atom stereocenters. The highest BCUT2D eigenvalue weighted by molar-refractivity contribution is 7.99. The molecule has 0 saturated heterocycles. The lowest BCUT2D eigenvalue weighted by Crippen LogP contribution is -2.33. The van der Waals surface area contributed by atoms with E-state index < -0.39 is 0 Å². The lowest BCUT2D eigenvalue weighted by Gasteiger charge is -2.33. The average Bonchev–Trinajstić information content (AvgIpc) is 3.04. The lowest BCUT2D eigenvalue weighted by atomic mass is 9.90. The Morgan fingerprint density at radius 1 is 1.29 bits per heavy atom. The van der Waals surface area contributed by atoms with Crippen LogP contribution >= 0.6 is 58.1 Å². The molecule has 4 rings (SSSR count). The van der Waals surface area contributed by atoms with Crippen molar-refractivity contribution >= 4 is 68.3 Å². The molecule has 1 aromatic carbocycles. The van der Waals surface area contributed by atoms with Crippen molar-refractivity contribution in [2.24, 2.45) is 0 Å². The number of benzene rings is 1. The number of nitrogens with zero attached hydrogens (tertiary/aromatic N) is 2. The summed E-state index contributed by atoms with van der Waals surface area (Å²) in [5, 5.41) is 4.36. The molecule has 0 spiro atoms. The van der Waals surface area contributed by atoms with Crippen molar-refractivity contribution in [1.82, 2.24) is 9.97 Å². The number of hydrogen-bond acceptors (Lipinski definition) is 6. The Labute approximate surface area is 187 Å². The van der Waals surface area contributed by atoms with Crippen molar-refractivity contribution in [3.63, 3.8) is 0 Å². The fourth-order valence-electron chi connectivity index (χ4n) is 3.23. The number of rotatable bonds is 5. The van der Waals surface area contributed by atoms with E-state index in [1.165, 1.54) is 15.8 Å². The van der Waals surface area contributed by atoms with Gasteiger partial charge in [0.15, 0.2) is 5.16 Å². The molecule has 0 aliphatic carbocycles. The fourth-order valence-corrected chi connectivity index (χ4v) is 6.49. The van der Waals surface area contributed by atoms with Gasteiger partial charge in [-0.05, 0) is 42.9 Å². The van der Waals surface area contributed by atoms with Crippen molar-refractivity contribution in [3.8, 4) is 0 Å². The molecule has 0 N–H and O–H groups in total. The number of aromatic nitrogens is 2. The van der Waals surface area contributed by atoms with Gasteiger partial charge in [-0.2, -0.15) is 0 Å². The van der Waals surface area contributed by atoms with Gasteiger partial charge in [-0.3, -0.25) is 0 Å². The van der Waals surface area contributed by atoms with Crippen molar-refractivity contribution < 1.29 is 4.74 Å². The fraction of sp³-hybridized carbons (Fsp3) is 0.400. The summed E-state index contributed by atoms with van der Waals surface area (Å²) in [5.41, 5.74) is 2.29. The van der Waals surface area contributed by atoms with Crippen molar-refractivity contribution in [2.75, 3.05) is 6.26 Å². The zero-order valence-electron chi connectivity index (χ0n) is 15.8. The molecule has 3 aromatic rings. The molecule has 0 fully saturated rings. The summed E-state index contributed by atoms with van der Waals surface area (Å²) in [6.45, 7) is 5.03. The number of hydrogen-bond donors (Lipinski definition) is 0. The van der Waals surface area contributed by atoms with E-state index in [1.54, 1.807) is 40.9 Å². The first-order valence-electron chi connectivity index (χ1n) is 8.99. The van der Waals surface area contributed by atoms with Crippen LogP contribution in [0.3, 0.4) is 0 Å². The molecule has 0 amide bonds. The van der Waals surface area contributed by atoms with Crippen LogP contribution in [0.25, 0.3) is 10.2 Å². The molecule has 8 heteroatoms. The average molecular weight is 472 g/mol. The maximum absolute atomic E-state index is 6.37. The molecular weight excluding hydrogens is 451 g/mol. The Morgan fingerprint density at radius 2 is 2.11 bits per heavy atom. The topological polar surface area (TPSA) is 35.0 Å². The molecule has 28 heavy (non-hydrogen) atoms. The molecule has 3 nitrogen and oxygen atoms in total. The van der Waals surface area contributed by atoms with Gasteiger partial charge in [0.1, 0.15) is 9.86 Å². The number of halogens is 2. The number of fused-ring (bicyclic) bond motifs is 3. The Bertz CT molecular complexity index is 1040. The van der Waals surface area contributed by atoms with Gasteiger partial charge in [0.2, 0.25) is 0 Å². The second kappa shape index (κ2) is 8.32. The van der Waals surface area contributed by atoms with Crippen LogP contribution in [-0.4, -0.2) is 21.8 Å². The van der Waals surface area contributed by atoms with Crippen molar-refractivity contribution in [3.05, 3.63) is 44.2 Å². The largest absolute Gasteiger partial charge is 0.369 e. The van der Waals surface area contributed by atoms with Crippen LogP contribution in [0, 0.1) is 0 Å². The van der Waals surface area contributed by atoms with Gasteiger partial charge in [-0.1, -0.05) is 48.0 Å². The van der Waals surface area contributed by atoms with Gasteiger partial charge in [0.05, 0.1) is 12.2 Å². The van der Waals surface area contributed by atoms with Gasteiger partial charge in [0.25, 0.3) is 0 Å². The molecule has 1 atom stereocenters. The summed E-state index contributed by atoms with van der Waals surface area (Å²) in [6.07, 6.45) is 3.89. The summed E-state index contributed by atoms with van der Waals surface area (Å²) in [5.74, 6) is 0.738. The lowest BCUT2D eigenvalue weighted by molar-refractivity contribution is -0.0543. The second-order valence-corrected chi connectivity index (χ2v) is 10.7. The standard InChI is InChI=1S/C20H20Cl2N2OS3/c1-4-20(2)8-13-15(9-25-20)28-18-16(13)17(23-19(24-18)26-3)27-10-11-5-6-12(21)7-14(11)22/h5-7H,4,8-10H2,1-3H3/t20-/m1/s1. The van der Waals surface area contributed by atoms with Gasteiger partial charge in [-0.25, -0.2) is 9.97 Å². The highest BCUT2D eigenvalue weighted by Crippen LogP contribution is 2.43. The number of thioether (sulfide) groups is 2. The van der Waals surface area contributed by atoms with Crippen LogP contribution in [0.4, 0.5) is 0 Å². The summed E-state index contributed by atoms with van der Waals surface area (Å²) < 4.78 is 6.14. The molecule has 0 bridgehead atoms. The third-order valence-electron chi connectivity index (χ3n) is 5.09. The van der Waals surface area contributed by atoms with Crippen molar-refractivity contribution in [1.29, 1.82) is 0 Å². The summed E-state index contributed by atoms with van der Waals surface area (Å²) in [7, 11) is 0. The zero-order chi connectivity index (χ0) is 19.9. The molecular formula is C20H20Cl2N2OS3. The molecule has 2 aromatic heterocycles. The summed E-state index contributed by atoms with van der Waals surface area (Å²) in [4.78, 5) is 12.0. The van der Waals surface area contributed by atoms with E-state index >= 15 is 0 Å². The van der Waals surface area contributed by atoms with Crippen LogP contribution in [-0.2, 0) is 23.5 Å². The summed E-state index contributed by atoms with van der Waals surface area (Å²) in [6, 6.07) is 5.65. The maximum atomic E-state index is 6.37. The highest BCUT2D eigenvalue weighted by atomic mass is 35.5. The third-order valence-corrected chi connectivity index (χ3v) is 8.35. The number of thiophene rings is 1. The van der Waals surface area contributed by atoms with E-state index in [0.717, 1.165) is 39.2 Å². The van der Waals surface area contributed by atoms with Gasteiger partial charge in [-0.15, -0.1) is 23.1 Å². The minimum atomic E-state index is -0.124. The highest BCUT2D eigenvalue weighted by Gasteiger charge is 2.33. The van der Waals surface area contributed by atoms with Crippen molar-refractivity contribution in [2.45, 2.75) is 54.8 Å². The molecule has 0 saturated carbocycles. The monoisotopic (exact) mass is 470 g/mol. The van der Waals surface area contributed by atoms with E-state index in [9.17, 15) is 0 Å². The minimum Gasteiger partial charge on any atom is -0.369 e. The molecule has 1 aliphatic heterocycles.